The summed E-state index contributed by atoms with van der Waals surface area (Å²) in [4.78, 5) is 7.18. The topological polar surface area (TPSA) is 50.3 Å². The maximum absolute atomic E-state index is 13.5. The fraction of sp³-hybridized carbons (Fsp3) is 0.318. The number of hydrogen-bond donors (Lipinski definition) is 0. The highest BCUT2D eigenvalue weighted by atomic mass is 35.5. The molecule has 0 spiro atoms. The maximum Gasteiger partial charge on any atom is 0.210 e. The Bertz CT molecular complexity index is 1140. The van der Waals surface area contributed by atoms with Gasteiger partial charge in [-0.2, -0.15) is 0 Å². The van der Waals surface area contributed by atoms with E-state index in [1.165, 1.54) is 12.3 Å². The quantitative estimate of drug-likeness (QED) is 0.586. The van der Waals surface area contributed by atoms with Gasteiger partial charge in [-0.15, -0.1) is 0 Å². The molecule has 0 amide bonds. The summed E-state index contributed by atoms with van der Waals surface area (Å²) in [5, 5.41) is 1.29. The lowest BCUT2D eigenvalue weighted by Crippen LogP contribution is -2.34. The molecule has 6 heteroatoms. The van der Waals surface area contributed by atoms with Crippen LogP contribution >= 0.6 is 11.6 Å². The summed E-state index contributed by atoms with van der Waals surface area (Å²) >= 11 is 6.07. The molecule has 2 heterocycles. The van der Waals surface area contributed by atoms with Crippen LogP contribution in [0.2, 0.25) is 5.02 Å². The number of halogens is 1. The highest BCUT2D eigenvalue weighted by Crippen LogP contribution is 2.38. The number of piperidine rings is 1. The van der Waals surface area contributed by atoms with E-state index < -0.39 is 9.84 Å². The fourth-order valence-corrected chi connectivity index (χ4v) is 5.59. The van der Waals surface area contributed by atoms with E-state index in [1.54, 1.807) is 18.2 Å². The van der Waals surface area contributed by atoms with E-state index in [0.717, 1.165) is 48.1 Å². The number of anilines is 1. The molecule has 2 aromatic carbocycles. The first-order valence-electron chi connectivity index (χ1n) is 9.52. The predicted molar refractivity (Wildman–Crippen MR) is 114 cm³/mol. The third-order valence-electron chi connectivity index (χ3n) is 5.53. The molecule has 28 heavy (non-hydrogen) atoms. The first-order chi connectivity index (χ1) is 13.4. The van der Waals surface area contributed by atoms with Gasteiger partial charge >= 0.3 is 0 Å². The van der Waals surface area contributed by atoms with Crippen LogP contribution in [0.15, 0.2) is 58.5 Å². The lowest BCUT2D eigenvalue weighted by Gasteiger charge is -2.34. The van der Waals surface area contributed by atoms with Crippen LogP contribution in [-0.4, -0.2) is 26.5 Å². The van der Waals surface area contributed by atoms with E-state index in [2.05, 4.69) is 16.8 Å². The summed E-state index contributed by atoms with van der Waals surface area (Å²) in [5.74, 6) is 0.652. The molecule has 4 rings (SSSR count). The van der Waals surface area contributed by atoms with E-state index in [1.807, 2.05) is 25.1 Å². The molecule has 0 atom stereocenters. The second-order valence-electron chi connectivity index (χ2n) is 7.57. The Kier molecular flexibility index (Phi) is 5.06. The van der Waals surface area contributed by atoms with Crippen molar-refractivity contribution in [2.45, 2.75) is 36.5 Å². The number of pyridine rings is 1. The van der Waals surface area contributed by atoms with Crippen molar-refractivity contribution in [2.75, 3.05) is 18.0 Å². The van der Waals surface area contributed by atoms with Crippen LogP contribution < -0.4 is 4.90 Å². The number of para-hydroxylation sites is 1. The minimum atomic E-state index is -3.75. The Labute approximate surface area is 171 Å². The van der Waals surface area contributed by atoms with E-state index >= 15 is 0 Å². The van der Waals surface area contributed by atoms with Gasteiger partial charge in [-0.25, -0.2) is 8.42 Å². The highest BCUT2D eigenvalue weighted by Gasteiger charge is 2.28. The van der Waals surface area contributed by atoms with Gasteiger partial charge in [0.1, 0.15) is 4.90 Å². The molecule has 1 aliphatic rings. The number of aromatic nitrogens is 1. The van der Waals surface area contributed by atoms with Gasteiger partial charge in [0.15, 0.2) is 0 Å². The predicted octanol–water partition coefficient (Wildman–Crippen LogP) is 5.27. The monoisotopic (exact) mass is 414 g/mol. The number of fused-ring (bicyclic) bond motifs is 1. The molecule has 0 saturated carbocycles. The van der Waals surface area contributed by atoms with Crippen molar-refractivity contribution in [1.29, 1.82) is 0 Å². The second kappa shape index (κ2) is 7.37. The molecule has 1 aliphatic heterocycles. The molecule has 0 bridgehead atoms. The van der Waals surface area contributed by atoms with Crippen molar-refractivity contribution >= 4 is 38.0 Å². The van der Waals surface area contributed by atoms with Crippen LogP contribution in [0.25, 0.3) is 10.9 Å². The normalized spacial score (nSPS) is 15.9. The van der Waals surface area contributed by atoms with Crippen molar-refractivity contribution in [3.05, 3.63) is 59.2 Å². The number of sulfone groups is 1. The van der Waals surface area contributed by atoms with E-state index in [-0.39, 0.29) is 9.79 Å². The maximum atomic E-state index is 13.5. The SMILES string of the molecule is Cc1cccc2c(N3CCC(C)CC3)c(S(=O)(=O)c3cccc(Cl)c3)cnc12. The molecule has 0 unspecified atom stereocenters. The Morgan fingerprint density at radius 3 is 2.54 bits per heavy atom. The number of hydrogen-bond acceptors (Lipinski definition) is 4. The summed E-state index contributed by atoms with van der Waals surface area (Å²) in [6.07, 6.45) is 3.61. The van der Waals surface area contributed by atoms with Crippen LogP contribution in [0.5, 0.6) is 0 Å². The molecule has 3 aromatic rings. The zero-order valence-electron chi connectivity index (χ0n) is 16.0. The Balaban J connectivity index is 1.97. The lowest BCUT2D eigenvalue weighted by molar-refractivity contribution is 0.437. The zero-order valence-corrected chi connectivity index (χ0v) is 17.6. The smallest absolute Gasteiger partial charge is 0.210 e. The third-order valence-corrected chi connectivity index (χ3v) is 7.52. The van der Waals surface area contributed by atoms with Crippen molar-refractivity contribution in [3.63, 3.8) is 0 Å². The number of rotatable bonds is 3. The van der Waals surface area contributed by atoms with Crippen molar-refractivity contribution in [1.82, 2.24) is 4.98 Å². The van der Waals surface area contributed by atoms with Crippen LogP contribution in [-0.2, 0) is 9.84 Å². The Morgan fingerprint density at radius 2 is 1.82 bits per heavy atom. The van der Waals surface area contributed by atoms with Gasteiger partial charge in [-0.3, -0.25) is 4.98 Å². The van der Waals surface area contributed by atoms with E-state index in [0.29, 0.717) is 10.9 Å². The number of nitrogens with zero attached hydrogens (tertiary/aromatic N) is 2. The van der Waals surface area contributed by atoms with Crippen LogP contribution in [0.3, 0.4) is 0 Å². The molecular formula is C22H23ClN2O2S. The van der Waals surface area contributed by atoms with Crippen LogP contribution in [0.1, 0.15) is 25.3 Å². The molecular weight excluding hydrogens is 392 g/mol. The highest BCUT2D eigenvalue weighted by molar-refractivity contribution is 7.91. The van der Waals surface area contributed by atoms with Crippen molar-refractivity contribution in [3.8, 4) is 0 Å². The van der Waals surface area contributed by atoms with Gasteiger partial charge in [0.2, 0.25) is 9.84 Å². The zero-order chi connectivity index (χ0) is 19.9. The van der Waals surface area contributed by atoms with E-state index in [4.69, 9.17) is 11.6 Å². The van der Waals surface area contributed by atoms with E-state index in [9.17, 15) is 8.42 Å². The fourth-order valence-electron chi connectivity index (χ4n) is 3.85. The molecule has 146 valence electrons. The number of benzene rings is 2. The number of aryl methyl sites for hydroxylation is 1. The molecule has 1 fully saturated rings. The summed E-state index contributed by atoms with van der Waals surface area (Å²) in [5.41, 5.74) is 2.65. The van der Waals surface area contributed by atoms with Crippen molar-refractivity contribution in [2.24, 2.45) is 5.92 Å². The minimum Gasteiger partial charge on any atom is -0.370 e. The molecule has 0 radical (unpaired) electrons. The third kappa shape index (κ3) is 3.38. The van der Waals surface area contributed by atoms with Gasteiger partial charge < -0.3 is 4.90 Å². The summed E-state index contributed by atoms with van der Waals surface area (Å²) < 4.78 is 27.0. The van der Waals surface area contributed by atoms with Crippen LogP contribution in [0.4, 0.5) is 5.69 Å². The largest absolute Gasteiger partial charge is 0.370 e. The molecule has 0 aliphatic carbocycles. The summed E-state index contributed by atoms with van der Waals surface area (Å²) in [6.45, 7) is 5.93. The van der Waals surface area contributed by atoms with Gasteiger partial charge in [0, 0.05) is 29.7 Å². The Morgan fingerprint density at radius 1 is 1.11 bits per heavy atom. The first-order valence-corrected chi connectivity index (χ1v) is 11.4. The Hall–Kier alpha value is -2.11. The molecule has 4 nitrogen and oxygen atoms in total. The van der Waals surface area contributed by atoms with Gasteiger partial charge in [0.05, 0.1) is 16.1 Å². The lowest BCUT2D eigenvalue weighted by atomic mass is 9.98. The average molecular weight is 415 g/mol. The van der Waals surface area contributed by atoms with Gasteiger partial charge in [0.25, 0.3) is 0 Å². The average Bonchev–Trinajstić information content (AvgIpc) is 2.68. The molecule has 0 N–H and O–H groups in total. The minimum absolute atomic E-state index is 0.195. The van der Waals surface area contributed by atoms with Crippen molar-refractivity contribution < 1.29 is 8.42 Å². The first kappa shape index (κ1) is 19.2. The van der Waals surface area contributed by atoms with Crippen LogP contribution in [0, 0.1) is 12.8 Å². The molecule has 1 aromatic heterocycles. The second-order valence-corrected chi connectivity index (χ2v) is 9.93. The van der Waals surface area contributed by atoms with Gasteiger partial charge in [-0.1, -0.05) is 42.8 Å². The molecule has 1 saturated heterocycles. The van der Waals surface area contributed by atoms with Gasteiger partial charge in [-0.05, 0) is 49.4 Å². The summed E-state index contributed by atoms with van der Waals surface area (Å²) in [6, 6.07) is 12.4. The summed E-state index contributed by atoms with van der Waals surface area (Å²) in [7, 11) is -3.75. The standard InChI is InChI=1S/C22H23ClN2O2S/c1-15-9-11-25(12-10-15)22-19-8-3-5-16(2)21(19)24-14-20(22)28(26,27)18-7-4-6-17(23)13-18/h3-8,13-15H,9-12H2,1-2H3.